The number of rotatable bonds is 6. The molecule has 0 saturated carbocycles. The van der Waals surface area contributed by atoms with Crippen molar-refractivity contribution in [2.24, 2.45) is 0 Å². The second kappa shape index (κ2) is 6.32. The Kier molecular flexibility index (Phi) is 4.97. The number of hydrogen-bond donors (Lipinski definition) is 2. The Morgan fingerprint density at radius 2 is 2.26 bits per heavy atom. The summed E-state index contributed by atoms with van der Waals surface area (Å²) in [7, 11) is 0.552. The van der Waals surface area contributed by atoms with Crippen molar-refractivity contribution in [2.45, 2.75) is 23.1 Å². The van der Waals surface area contributed by atoms with Gasteiger partial charge in [-0.05, 0) is 52.2 Å². The molecule has 108 valence electrons. The third-order valence-electron chi connectivity index (χ3n) is 3.24. The van der Waals surface area contributed by atoms with Crippen molar-refractivity contribution in [2.75, 3.05) is 33.7 Å². The molecule has 0 bridgehead atoms. The van der Waals surface area contributed by atoms with Gasteiger partial charge in [0.1, 0.15) is 4.21 Å². The smallest absolute Gasteiger partial charge is 0.250 e. The summed E-state index contributed by atoms with van der Waals surface area (Å²) in [4.78, 5) is 3.23. The van der Waals surface area contributed by atoms with E-state index in [9.17, 15) is 8.42 Å². The van der Waals surface area contributed by atoms with Crippen molar-refractivity contribution in [3.63, 3.8) is 0 Å². The Morgan fingerprint density at radius 3 is 2.89 bits per heavy atom. The van der Waals surface area contributed by atoms with E-state index in [4.69, 9.17) is 0 Å². The average molecular weight is 303 g/mol. The maximum atomic E-state index is 12.2. The van der Waals surface area contributed by atoms with Crippen molar-refractivity contribution in [3.05, 3.63) is 17.0 Å². The first-order valence-corrected chi connectivity index (χ1v) is 8.75. The van der Waals surface area contributed by atoms with Gasteiger partial charge in [-0.1, -0.05) is 0 Å². The summed E-state index contributed by atoms with van der Waals surface area (Å²) in [6, 6.07) is 3.64. The van der Waals surface area contributed by atoms with Gasteiger partial charge in [0.2, 0.25) is 10.0 Å². The fourth-order valence-corrected chi connectivity index (χ4v) is 4.83. The maximum absolute atomic E-state index is 12.2. The number of hydrogen-bond acceptors (Lipinski definition) is 5. The first-order chi connectivity index (χ1) is 9.01. The van der Waals surface area contributed by atoms with E-state index in [2.05, 4.69) is 14.9 Å². The summed E-state index contributed by atoms with van der Waals surface area (Å²) < 4.78 is 27.7. The van der Waals surface area contributed by atoms with Crippen molar-refractivity contribution < 1.29 is 8.42 Å². The molecule has 0 spiro atoms. The highest BCUT2D eigenvalue weighted by Gasteiger charge is 2.26. The van der Waals surface area contributed by atoms with Gasteiger partial charge in [-0.3, -0.25) is 0 Å². The van der Waals surface area contributed by atoms with E-state index in [1.807, 2.05) is 20.2 Å². The van der Waals surface area contributed by atoms with Crippen LogP contribution >= 0.6 is 11.3 Å². The number of likely N-dealkylation sites (tertiary alicyclic amines) is 1. The molecule has 1 aliphatic rings. The molecule has 1 fully saturated rings. The predicted molar refractivity (Wildman–Crippen MR) is 78.2 cm³/mol. The molecule has 1 saturated heterocycles. The fourth-order valence-electron chi connectivity index (χ4n) is 2.19. The normalized spacial score (nSPS) is 21.1. The highest BCUT2D eigenvalue weighted by Crippen LogP contribution is 2.22. The van der Waals surface area contributed by atoms with Crippen molar-refractivity contribution in [1.82, 2.24) is 14.9 Å². The summed E-state index contributed by atoms with van der Waals surface area (Å²) in [6.07, 6.45) is 1.75. The number of nitrogens with one attached hydrogen (secondary N) is 2. The first kappa shape index (κ1) is 14.9. The van der Waals surface area contributed by atoms with Crippen LogP contribution in [-0.4, -0.2) is 53.1 Å². The zero-order chi connectivity index (χ0) is 13.9. The summed E-state index contributed by atoms with van der Waals surface area (Å²) in [6.45, 7) is 2.60. The summed E-state index contributed by atoms with van der Waals surface area (Å²) in [5.41, 5.74) is 0. The van der Waals surface area contributed by atoms with Crippen LogP contribution < -0.4 is 10.0 Å². The molecule has 7 heteroatoms. The lowest BCUT2D eigenvalue weighted by Crippen LogP contribution is -2.36. The molecule has 0 radical (unpaired) electrons. The minimum absolute atomic E-state index is 0.0397. The highest BCUT2D eigenvalue weighted by molar-refractivity contribution is 7.91. The zero-order valence-corrected chi connectivity index (χ0v) is 13.0. The monoisotopic (exact) mass is 303 g/mol. The third-order valence-corrected chi connectivity index (χ3v) is 6.39. The van der Waals surface area contributed by atoms with Gasteiger partial charge in [0, 0.05) is 17.5 Å². The standard InChI is InChI=1S/C12H21N3O2S2/c1-13-7-5-11-3-4-12(18-11)19(16,17)14-10-6-8-15(2)9-10/h3-4,10,13-14H,5-9H2,1-2H3. The molecule has 0 aromatic carbocycles. The highest BCUT2D eigenvalue weighted by atomic mass is 32.2. The first-order valence-electron chi connectivity index (χ1n) is 6.45. The SMILES string of the molecule is CNCCc1ccc(S(=O)(=O)NC2CCN(C)C2)s1. The lowest BCUT2D eigenvalue weighted by atomic mass is 10.3. The summed E-state index contributed by atoms with van der Waals surface area (Å²) in [5, 5.41) is 3.06. The molecule has 1 atom stereocenters. The van der Waals surface area contributed by atoms with E-state index >= 15 is 0 Å². The number of nitrogens with zero attached hydrogens (tertiary/aromatic N) is 1. The number of likely N-dealkylation sites (N-methyl/N-ethyl adjacent to an activating group) is 2. The van der Waals surface area contributed by atoms with Crippen LogP contribution in [0.25, 0.3) is 0 Å². The molecule has 0 amide bonds. The van der Waals surface area contributed by atoms with Gasteiger partial charge in [0.05, 0.1) is 0 Å². The molecule has 1 unspecified atom stereocenters. The second-order valence-electron chi connectivity index (χ2n) is 4.94. The maximum Gasteiger partial charge on any atom is 0.250 e. The Morgan fingerprint density at radius 1 is 1.47 bits per heavy atom. The van der Waals surface area contributed by atoms with E-state index in [1.165, 1.54) is 11.3 Å². The molecule has 2 N–H and O–H groups in total. The Bertz CT molecular complexity index is 513. The van der Waals surface area contributed by atoms with Crippen LogP contribution in [0.4, 0.5) is 0 Å². The van der Waals surface area contributed by atoms with E-state index in [-0.39, 0.29) is 6.04 Å². The van der Waals surface area contributed by atoms with Crippen molar-refractivity contribution in [1.29, 1.82) is 0 Å². The van der Waals surface area contributed by atoms with Gasteiger partial charge in [-0.2, -0.15) is 0 Å². The minimum atomic E-state index is -3.35. The van der Waals surface area contributed by atoms with Gasteiger partial charge >= 0.3 is 0 Å². The Labute approximate surface area is 119 Å². The molecule has 0 aliphatic carbocycles. The van der Waals surface area contributed by atoms with Gasteiger partial charge in [0.25, 0.3) is 0 Å². The number of thiophene rings is 1. The topological polar surface area (TPSA) is 61.4 Å². The van der Waals surface area contributed by atoms with E-state index in [0.29, 0.717) is 4.21 Å². The van der Waals surface area contributed by atoms with Crippen LogP contribution in [-0.2, 0) is 16.4 Å². The molecular weight excluding hydrogens is 282 g/mol. The predicted octanol–water partition coefficient (Wildman–Crippen LogP) is 0.492. The molecule has 2 heterocycles. The van der Waals surface area contributed by atoms with Crippen LogP contribution in [0.3, 0.4) is 0 Å². The van der Waals surface area contributed by atoms with E-state index < -0.39 is 10.0 Å². The van der Waals surface area contributed by atoms with Crippen LogP contribution in [0.5, 0.6) is 0 Å². The molecule has 19 heavy (non-hydrogen) atoms. The molecule has 1 aromatic heterocycles. The van der Waals surface area contributed by atoms with Gasteiger partial charge in [0.15, 0.2) is 0 Å². The molecular formula is C12H21N3O2S2. The summed E-state index contributed by atoms with van der Waals surface area (Å²) in [5.74, 6) is 0. The molecule has 2 rings (SSSR count). The molecule has 1 aromatic rings. The van der Waals surface area contributed by atoms with Gasteiger partial charge in [-0.15, -0.1) is 11.3 Å². The second-order valence-corrected chi connectivity index (χ2v) is 8.05. The largest absolute Gasteiger partial charge is 0.319 e. The Hall–Kier alpha value is -0.470. The van der Waals surface area contributed by atoms with Crippen LogP contribution in [0, 0.1) is 0 Å². The average Bonchev–Trinajstić information content (AvgIpc) is 2.95. The Balaban J connectivity index is 2.00. The van der Waals surface area contributed by atoms with Gasteiger partial charge < -0.3 is 10.2 Å². The van der Waals surface area contributed by atoms with Crippen molar-refractivity contribution >= 4 is 21.4 Å². The zero-order valence-electron chi connectivity index (χ0n) is 11.3. The van der Waals surface area contributed by atoms with E-state index in [0.717, 1.165) is 37.4 Å². The molecule has 5 nitrogen and oxygen atoms in total. The lowest BCUT2D eigenvalue weighted by molar-refractivity contribution is 0.407. The van der Waals surface area contributed by atoms with E-state index in [1.54, 1.807) is 6.07 Å². The molecule has 1 aliphatic heterocycles. The summed E-state index contributed by atoms with van der Waals surface area (Å²) >= 11 is 1.36. The van der Waals surface area contributed by atoms with Gasteiger partial charge in [-0.25, -0.2) is 13.1 Å². The lowest BCUT2D eigenvalue weighted by Gasteiger charge is -2.12. The quantitative estimate of drug-likeness (QED) is 0.803. The van der Waals surface area contributed by atoms with Crippen molar-refractivity contribution in [3.8, 4) is 0 Å². The van der Waals surface area contributed by atoms with Crippen LogP contribution in [0.1, 0.15) is 11.3 Å². The van der Waals surface area contributed by atoms with Crippen LogP contribution in [0.2, 0.25) is 0 Å². The minimum Gasteiger partial charge on any atom is -0.319 e. The number of sulfonamides is 1. The third kappa shape index (κ3) is 4.00. The fraction of sp³-hybridized carbons (Fsp3) is 0.667. The van der Waals surface area contributed by atoms with Crippen LogP contribution in [0.15, 0.2) is 16.3 Å².